The molecular formula is C12H12F2O3. The Hall–Kier alpha value is -1.49. The molecule has 0 radical (unpaired) electrons. The summed E-state index contributed by atoms with van der Waals surface area (Å²) in [5, 5.41) is 19.3. The van der Waals surface area contributed by atoms with Crippen LogP contribution in [-0.4, -0.2) is 22.1 Å². The van der Waals surface area contributed by atoms with E-state index < -0.39 is 36.3 Å². The zero-order valence-electron chi connectivity index (χ0n) is 8.94. The maximum Gasteiger partial charge on any atom is 0.340 e. The molecule has 1 unspecified atom stereocenters. The van der Waals surface area contributed by atoms with E-state index in [-0.39, 0.29) is 5.56 Å². The van der Waals surface area contributed by atoms with Gasteiger partial charge in [0.15, 0.2) is 5.60 Å². The normalized spacial score (nSPS) is 22.5. The Labute approximate surface area is 96.7 Å². The molecule has 0 aromatic heterocycles. The molecule has 17 heavy (non-hydrogen) atoms. The molecule has 92 valence electrons. The molecule has 0 aliphatic heterocycles. The van der Waals surface area contributed by atoms with Gasteiger partial charge in [-0.3, -0.25) is 0 Å². The van der Waals surface area contributed by atoms with Gasteiger partial charge in [0.2, 0.25) is 5.92 Å². The second-order valence-corrected chi connectivity index (χ2v) is 4.40. The summed E-state index contributed by atoms with van der Waals surface area (Å²) in [7, 11) is 0. The molecule has 1 aliphatic carbocycles. The van der Waals surface area contributed by atoms with Gasteiger partial charge in [-0.05, 0) is 5.56 Å². The van der Waals surface area contributed by atoms with E-state index in [0.29, 0.717) is 0 Å². The number of rotatable bonds is 3. The number of carboxylic acid groups (broad SMARTS) is 1. The highest BCUT2D eigenvalue weighted by Gasteiger charge is 2.58. The van der Waals surface area contributed by atoms with Gasteiger partial charge >= 0.3 is 5.97 Å². The first-order valence-corrected chi connectivity index (χ1v) is 5.25. The van der Waals surface area contributed by atoms with Crippen molar-refractivity contribution in [1.82, 2.24) is 0 Å². The van der Waals surface area contributed by atoms with E-state index in [1.54, 1.807) is 18.2 Å². The Morgan fingerprint density at radius 1 is 1.29 bits per heavy atom. The number of carbonyl (C=O) groups is 1. The summed E-state index contributed by atoms with van der Waals surface area (Å²) in [5.41, 5.74) is -2.07. The largest absolute Gasteiger partial charge is 0.479 e. The Balaban J connectivity index is 2.32. The number of hydrogen-bond acceptors (Lipinski definition) is 2. The SMILES string of the molecule is O=C(O)C(O)(c1ccccc1)C1CC(F)(F)C1. The van der Waals surface area contributed by atoms with Gasteiger partial charge in [-0.2, -0.15) is 0 Å². The van der Waals surface area contributed by atoms with Crippen LogP contribution in [0.15, 0.2) is 30.3 Å². The second kappa shape index (κ2) is 3.77. The highest BCUT2D eigenvalue weighted by atomic mass is 19.3. The number of aliphatic hydroxyl groups is 1. The lowest BCUT2D eigenvalue weighted by Gasteiger charge is -2.43. The molecule has 1 aromatic rings. The molecule has 1 aliphatic rings. The molecule has 2 N–H and O–H groups in total. The third kappa shape index (κ3) is 1.91. The maximum atomic E-state index is 12.8. The van der Waals surface area contributed by atoms with E-state index in [1.165, 1.54) is 12.1 Å². The van der Waals surface area contributed by atoms with Gasteiger partial charge < -0.3 is 10.2 Å². The zero-order valence-corrected chi connectivity index (χ0v) is 8.94. The molecule has 0 bridgehead atoms. The topological polar surface area (TPSA) is 57.5 Å². The average Bonchev–Trinajstić information content (AvgIpc) is 2.25. The van der Waals surface area contributed by atoms with Crippen LogP contribution < -0.4 is 0 Å². The lowest BCUT2D eigenvalue weighted by molar-refractivity contribution is -0.200. The molecule has 0 amide bonds. The van der Waals surface area contributed by atoms with Crippen molar-refractivity contribution in [1.29, 1.82) is 0 Å². The molecule has 0 saturated heterocycles. The van der Waals surface area contributed by atoms with Gasteiger partial charge in [0, 0.05) is 18.8 Å². The van der Waals surface area contributed by atoms with Gasteiger partial charge in [-0.1, -0.05) is 30.3 Å². The molecule has 5 heteroatoms. The first-order valence-electron chi connectivity index (χ1n) is 5.25. The van der Waals surface area contributed by atoms with Crippen molar-refractivity contribution in [3.8, 4) is 0 Å². The minimum atomic E-state index is -2.86. The molecule has 1 saturated carbocycles. The van der Waals surface area contributed by atoms with E-state index in [0.717, 1.165) is 0 Å². The fraction of sp³-hybridized carbons (Fsp3) is 0.417. The van der Waals surface area contributed by atoms with Crippen LogP contribution >= 0.6 is 0 Å². The van der Waals surface area contributed by atoms with Crippen LogP contribution in [0.4, 0.5) is 8.78 Å². The Morgan fingerprint density at radius 2 is 1.82 bits per heavy atom. The molecule has 1 aromatic carbocycles. The summed E-state index contributed by atoms with van der Waals surface area (Å²) < 4.78 is 25.6. The monoisotopic (exact) mass is 242 g/mol. The summed E-state index contributed by atoms with van der Waals surface area (Å²) in [6, 6.07) is 7.68. The Bertz CT molecular complexity index is 425. The number of carboxylic acids is 1. The van der Waals surface area contributed by atoms with Crippen LogP contribution in [0.1, 0.15) is 18.4 Å². The van der Waals surface area contributed by atoms with Crippen molar-refractivity contribution in [3.63, 3.8) is 0 Å². The van der Waals surface area contributed by atoms with E-state index in [1.807, 2.05) is 0 Å². The van der Waals surface area contributed by atoms with Crippen LogP contribution in [0, 0.1) is 5.92 Å². The molecular weight excluding hydrogens is 230 g/mol. The Kier molecular flexibility index (Phi) is 2.66. The predicted octanol–water partition coefficient (Wildman–Crippen LogP) is 2.00. The van der Waals surface area contributed by atoms with Crippen molar-refractivity contribution in [2.24, 2.45) is 5.92 Å². The van der Waals surface area contributed by atoms with Gasteiger partial charge in [-0.25, -0.2) is 13.6 Å². The third-order valence-corrected chi connectivity index (χ3v) is 3.22. The van der Waals surface area contributed by atoms with Crippen LogP contribution in [0.2, 0.25) is 0 Å². The molecule has 3 nitrogen and oxygen atoms in total. The van der Waals surface area contributed by atoms with Gasteiger partial charge in [0.05, 0.1) is 0 Å². The number of benzene rings is 1. The summed E-state index contributed by atoms with van der Waals surface area (Å²) in [5.74, 6) is -5.29. The predicted molar refractivity (Wildman–Crippen MR) is 55.6 cm³/mol. The van der Waals surface area contributed by atoms with E-state index >= 15 is 0 Å². The van der Waals surface area contributed by atoms with Crippen molar-refractivity contribution < 1.29 is 23.8 Å². The number of halogens is 2. The number of aliphatic carboxylic acids is 1. The molecule has 1 fully saturated rings. The lowest BCUT2D eigenvalue weighted by Crippen LogP contribution is -2.52. The first-order chi connectivity index (χ1) is 7.86. The summed E-state index contributed by atoms with van der Waals surface area (Å²) in [6.45, 7) is 0. The summed E-state index contributed by atoms with van der Waals surface area (Å²) in [6.07, 6.45) is -1.19. The average molecular weight is 242 g/mol. The van der Waals surface area contributed by atoms with Crippen LogP contribution in [0.25, 0.3) is 0 Å². The van der Waals surface area contributed by atoms with Crippen LogP contribution in [0.5, 0.6) is 0 Å². The summed E-state index contributed by atoms with van der Waals surface area (Å²) in [4.78, 5) is 11.2. The fourth-order valence-electron chi connectivity index (χ4n) is 2.18. The fourth-order valence-corrected chi connectivity index (χ4v) is 2.18. The standard InChI is InChI=1S/C12H12F2O3/c13-11(14)6-9(7-11)12(17,10(15)16)8-4-2-1-3-5-8/h1-5,9,17H,6-7H2,(H,15,16). The maximum absolute atomic E-state index is 12.8. The quantitative estimate of drug-likeness (QED) is 0.852. The van der Waals surface area contributed by atoms with Gasteiger partial charge in [0.1, 0.15) is 0 Å². The van der Waals surface area contributed by atoms with E-state index in [9.17, 15) is 18.7 Å². The zero-order chi connectivity index (χ0) is 12.7. The second-order valence-electron chi connectivity index (χ2n) is 4.40. The van der Waals surface area contributed by atoms with Crippen molar-refractivity contribution in [3.05, 3.63) is 35.9 Å². The highest BCUT2D eigenvalue weighted by Crippen LogP contribution is 2.51. The summed E-state index contributed by atoms with van der Waals surface area (Å²) >= 11 is 0. The molecule has 2 rings (SSSR count). The molecule has 0 spiro atoms. The smallest absolute Gasteiger partial charge is 0.340 e. The van der Waals surface area contributed by atoms with E-state index in [2.05, 4.69) is 0 Å². The van der Waals surface area contributed by atoms with Crippen LogP contribution in [0.3, 0.4) is 0 Å². The number of hydrogen-bond donors (Lipinski definition) is 2. The molecule has 0 heterocycles. The van der Waals surface area contributed by atoms with Gasteiger partial charge in [-0.15, -0.1) is 0 Å². The van der Waals surface area contributed by atoms with Crippen LogP contribution in [-0.2, 0) is 10.4 Å². The number of alkyl halides is 2. The Morgan fingerprint density at radius 3 is 2.24 bits per heavy atom. The van der Waals surface area contributed by atoms with Gasteiger partial charge in [0.25, 0.3) is 0 Å². The van der Waals surface area contributed by atoms with E-state index in [4.69, 9.17) is 5.11 Å². The van der Waals surface area contributed by atoms with Crippen molar-refractivity contribution in [2.75, 3.05) is 0 Å². The molecule has 1 atom stereocenters. The highest BCUT2D eigenvalue weighted by molar-refractivity contribution is 5.79. The lowest BCUT2D eigenvalue weighted by atomic mass is 9.67. The van der Waals surface area contributed by atoms with Crippen molar-refractivity contribution in [2.45, 2.75) is 24.4 Å². The minimum Gasteiger partial charge on any atom is -0.479 e. The third-order valence-electron chi connectivity index (χ3n) is 3.22. The first kappa shape index (κ1) is 12.0. The van der Waals surface area contributed by atoms with Crippen molar-refractivity contribution >= 4 is 5.97 Å². The minimum absolute atomic E-state index is 0.146.